The van der Waals surface area contributed by atoms with E-state index in [1.54, 1.807) is 0 Å². The third-order valence-corrected chi connectivity index (χ3v) is 5.80. The predicted molar refractivity (Wildman–Crippen MR) is 118 cm³/mol. The molecule has 2 aliphatic heterocycles. The number of aryl methyl sites for hydroxylation is 1. The molecule has 5 heteroatoms. The van der Waals surface area contributed by atoms with Gasteiger partial charge >= 0.3 is 0 Å². The minimum Gasteiger partial charge on any atom is -0.493 e. The van der Waals surface area contributed by atoms with Gasteiger partial charge in [0.25, 0.3) is 5.91 Å². The van der Waals surface area contributed by atoms with Crippen LogP contribution in [0.3, 0.4) is 0 Å². The minimum absolute atomic E-state index is 0.0271. The number of carbonyl (C=O) groups is 1. The van der Waals surface area contributed by atoms with Gasteiger partial charge in [-0.15, -0.1) is 0 Å². The monoisotopic (exact) mass is 415 g/mol. The van der Waals surface area contributed by atoms with Crippen molar-refractivity contribution in [3.63, 3.8) is 0 Å². The van der Waals surface area contributed by atoms with E-state index in [9.17, 15) is 4.79 Å². The van der Waals surface area contributed by atoms with Gasteiger partial charge in [-0.1, -0.05) is 42.5 Å². The van der Waals surface area contributed by atoms with E-state index in [0.29, 0.717) is 25.3 Å². The fraction of sp³-hybridized carbons (Fsp3) is 0.269. The second-order valence-corrected chi connectivity index (χ2v) is 7.89. The number of amides is 1. The number of ether oxygens (including phenoxy) is 3. The van der Waals surface area contributed by atoms with E-state index < -0.39 is 0 Å². The number of nitrogens with zero attached hydrogens (tertiary/aromatic N) is 1. The highest BCUT2D eigenvalue weighted by atomic mass is 16.7. The molecule has 3 aromatic rings. The van der Waals surface area contributed by atoms with Crippen molar-refractivity contribution in [1.29, 1.82) is 0 Å². The average Bonchev–Trinajstić information content (AvgIpc) is 3.48. The zero-order valence-electron chi connectivity index (χ0n) is 17.4. The highest BCUT2D eigenvalue weighted by molar-refractivity contribution is 5.94. The van der Waals surface area contributed by atoms with E-state index in [4.69, 9.17) is 14.2 Å². The molecule has 31 heavy (non-hydrogen) atoms. The fourth-order valence-electron chi connectivity index (χ4n) is 4.19. The Bertz CT molecular complexity index is 1080. The van der Waals surface area contributed by atoms with Gasteiger partial charge in [0.05, 0.1) is 6.61 Å². The second kappa shape index (κ2) is 8.72. The highest BCUT2D eigenvalue weighted by Crippen LogP contribution is 2.36. The topological polar surface area (TPSA) is 48.0 Å². The van der Waals surface area contributed by atoms with Gasteiger partial charge in [0.15, 0.2) is 11.5 Å². The summed E-state index contributed by atoms with van der Waals surface area (Å²) in [5, 5.41) is 0. The summed E-state index contributed by atoms with van der Waals surface area (Å²) in [5.41, 5.74) is 4.05. The Morgan fingerprint density at radius 1 is 0.903 bits per heavy atom. The molecule has 0 spiro atoms. The van der Waals surface area contributed by atoms with Crippen molar-refractivity contribution in [2.45, 2.75) is 25.8 Å². The molecule has 0 fully saturated rings. The number of hydrogen-bond acceptors (Lipinski definition) is 4. The molecule has 0 bridgehead atoms. The van der Waals surface area contributed by atoms with Gasteiger partial charge in [-0.25, -0.2) is 0 Å². The van der Waals surface area contributed by atoms with Crippen LogP contribution in [0.4, 0.5) is 0 Å². The first kappa shape index (κ1) is 19.5. The maximum atomic E-state index is 13.5. The number of hydrogen-bond donors (Lipinski definition) is 0. The Hall–Kier alpha value is -3.47. The van der Waals surface area contributed by atoms with Crippen LogP contribution in [0.15, 0.2) is 66.7 Å². The second-order valence-electron chi connectivity index (χ2n) is 7.89. The van der Waals surface area contributed by atoms with Crippen LogP contribution >= 0.6 is 0 Å². The molecule has 0 aliphatic carbocycles. The Morgan fingerprint density at radius 3 is 2.71 bits per heavy atom. The molecule has 0 unspecified atom stereocenters. The first-order valence-electron chi connectivity index (χ1n) is 10.7. The summed E-state index contributed by atoms with van der Waals surface area (Å²) < 4.78 is 16.8. The lowest BCUT2D eigenvalue weighted by atomic mass is 10.1. The largest absolute Gasteiger partial charge is 0.493 e. The number of fused-ring (bicyclic) bond motifs is 2. The summed E-state index contributed by atoms with van der Waals surface area (Å²) in [6.45, 7) is 2.04. The van der Waals surface area contributed by atoms with Gasteiger partial charge in [-0.2, -0.15) is 0 Å². The van der Waals surface area contributed by atoms with Crippen LogP contribution in [0.5, 0.6) is 17.2 Å². The molecular weight excluding hydrogens is 390 g/mol. The molecular formula is C26H25NO4. The van der Waals surface area contributed by atoms with Gasteiger partial charge in [0.2, 0.25) is 6.79 Å². The third-order valence-electron chi connectivity index (χ3n) is 5.80. The molecule has 0 saturated heterocycles. The fourth-order valence-corrected chi connectivity index (χ4v) is 4.19. The average molecular weight is 415 g/mol. The molecule has 3 aromatic carbocycles. The molecule has 0 radical (unpaired) electrons. The van der Waals surface area contributed by atoms with E-state index in [2.05, 4.69) is 24.3 Å². The normalized spacial score (nSPS) is 13.5. The summed E-state index contributed by atoms with van der Waals surface area (Å²) in [6, 6.07) is 22.0. The van der Waals surface area contributed by atoms with Crippen LogP contribution in [-0.2, 0) is 19.4 Å². The van der Waals surface area contributed by atoms with Crippen molar-refractivity contribution in [2.75, 3.05) is 19.9 Å². The van der Waals surface area contributed by atoms with Crippen LogP contribution < -0.4 is 14.2 Å². The van der Waals surface area contributed by atoms with Crippen molar-refractivity contribution in [2.24, 2.45) is 0 Å². The lowest BCUT2D eigenvalue weighted by Crippen LogP contribution is -2.32. The maximum absolute atomic E-state index is 13.5. The van der Waals surface area contributed by atoms with Crippen LogP contribution in [-0.4, -0.2) is 30.8 Å². The Balaban J connectivity index is 1.37. The van der Waals surface area contributed by atoms with Crippen molar-refractivity contribution in [1.82, 2.24) is 4.90 Å². The van der Waals surface area contributed by atoms with Gasteiger partial charge in [0.1, 0.15) is 5.75 Å². The zero-order chi connectivity index (χ0) is 21.0. The van der Waals surface area contributed by atoms with Crippen LogP contribution in [0, 0.1) is 0 Å². The molecule has 0 saturated carbocycles. The first-order valence-corrected chi connectivity index (χ1v) is 10.7. The van der Waals surface area contributed by atoms with Gasteiger partial charge in [-0.05, 0) is 48.2 Å². The van der Waals surface area contributed by atoms with Crippen molar-refractivity contribution >= 4 is 5.91 Å². The summed E-state index contributed by atoms with van der Waals surface area (Å²) in [4.78, 5) is 15.4. The van der Waals surface area contributed by atoms with Crippen molar-refractivity contribution in [3.8, 4) is 17.2 Å². The number of carbonyl (C=O) groups excluding carboxylic acids is 1. The maximum Gasteiger partial charge on any atom is 0.254 e. The molecule has 158 valence electrons. The molecule has 1 amide bonds. The van der Waals surface area contributed by atoms with Crippen molar-refractivity contribution in [3.05, 3.63) is 89.0 Å². The lowest BCUT2D eigenvalue weighted by Gasteiger charge is -2.24. The molecule has 0 atom stereocenters. The smallest absolute Gasteiger partial charge is 0.254 e. The first-order chi connectivity index (χ1) is 15.3. The quantitative estimate of drug-likeness (QED) is 0.565. The predicted octanol–water partition coefficient (Wildman–Crippen LogP) is 4.63. The molecule has 0 N–H and O–H groups in total. The van der Waals surface area contributed by atoms with E-state index in [1.165, 1.54) is 5.56 Å². The number of para-hydroxylation sites is 1. The molecule has 0 aromatic heterocycles. The highest BCUT2D eigenvalue weighted by Gasteiger charge is 2.23. The van der Waals surface area contributed by atoms with Gasteiger partial charge in [0, 0.05) is 30.6 Å². The minimum atomic E-state index is 0.0271. The molecule has 2 heterocycles. The number of rotatable bonds is 7. The molecule has 2 aliphatic rings. The zero-order valence-corrected chi connectivity index (χ0v) is 17.4. The summed E-state index contributed by atoms with van der Waals surface area (Å²) in [6.07, 6.45) is 2.66. The molecule has 5 rings (SSSR count). The van der Waals surface area contributed by atoms with Crippen LogP contribution in [0.25, 0.3) is 0 Å². The summed E-state index contributed by atoms with van der Waals surface area (Å²) in [7, 11) is 0. The standard InChI is InChI=1S/C26H25NO4/c28-26(21-11-12-23-20(16-21)13-15-29-23)27(14-5-8-19-6-2-1-3-7-19)17-22-9-4-10-24-25(22)31-18-30-24/h1-4,6-7,9-12,16H,5,8,13-15,17-18H2. The molecule has 5 nitrogen and oxygen atoms in total. The van der Waals surface area contributed by atoms with Crippen LogP contribution in [0.2, 0.25) is 0 Å². The van der Waals surface area contributed by atoms with E-state index in [1.807, 2.05) is 47.4 Å². The SMILES string of the molecule is O=C(c1ccc2c(c1)CCO2)N(CCCc1ccccc1)Cc1cccc2c1OCO2. The van der Waals surface area contributed by atoms with Gasteiger partial charge < -0.3 is 19.1 Å². The lowest BCUT2D eigenvalue weighted by molar-refractivity contribution is 0.0739. The van der Waals surface area contributed by atoms with Crippen molar-refractivity contribution < 1.29 is 19.0 Å². The van der Waals surface area contributed by atoms with E-state index >= 15 is 0 Å². The third kappa shape index (κ3) is 4.22. The van der Waals surface area contributed by atoms with E-state index in [-0.39, 0.29) is 12.7 Å². The summed E-state index contributed by atoms with van der Waals surface area (Å²) >= 11 is 0. The van der Waals surface area contributed by atoms with E-state index in [0.717, 1.165) is 47.6 Å². The Labute approximate surface area is 182 Å². The van der Waals surface area contributed by atoms with Crippen LogP contribution in [0.1, 0.15) is 33.5 Å². The summed E-state index contributed by atoms with van der Waals surface area (Å²) in [5.74, 6) is 2.40. The Kier molecular flexibility index (Phi) is 5.48. The number of benzene rings is 3. The Morgan fingerprint density at radius 2 is 1.81 bits per heavy atom. The van der Waals surface area contributed by atoms with Gasteiger partial charge in [-0.3, -0.25) is 4.79 Å².